The highest BCUT2D eigenvalue weighted by Crippen LogP contribution is 2.35. The molecule has 1 aromatic heterocycles. The molecule has 100 valence electrons. The van der Waals surface area contributed by atoms with E-state index in [9.17, 15) is 10.1 Å². The van der Waals surface area contributed by atoms with Gasteiger partial charge in [0.15, 0.2) is 0 Å². The number of aryl methyl sites for hydroxylation is 1. The fraction of sp³-hybridized carbons (Fsp3) is 0.0769. The summed E-state index contributed by atoms with van der Waals surface area (Å²) in [5, 5.41) is 12.7. The standard InChI is InChI=1S/C13H9N3O3S/c1-8-14-13(20-15-8)19-12-7-6-11(16(17)18)9-4-2-3-5-10(9)12/h2-7H,1H3. The molecule has 0 saturated heterocycles. The van der Waals surface area contributed by atoms with Gasteiger partial charge in [0, 0.05) is 23.0 Å². The first-order chi connectivity index (χ1) is 9.65. The number of fused-ring (bicyclic) bond motifs is 1. The van der Waals surface area contributed by atoms with Gasteiger partial charge in [-0.25, -0.2) is 0 Å². The molecule has 7 heteroatoms. The number of ether oxygens (including phenoxy) is 1. The first-order valence-electron chi connectivity index (χ1n) is 5.79. The van der Waals surface area contributed by atoms with Crippen LogP contribution in [0.2, 0.25) is 0 Å². The van der Waals surface area contributed by atoms with Crippen molar-refractivity contribution in [2.24, 2.45) is 0 Å². The maximum absolute atomic E-state index is 11.0. The Bertz CT molecular complexity index is 800. The SMILES string of the molecule is Cc1nsc(Oc2ccc([N+](=O)[O-])c3ccccc23)n1. The van der Waals surface area contributed by atoms with Gasteiger partial charge in [-0.1, -0.05) is 18.2 Å². The van der Waals surface area contributed by atoms with Crippen LogP contribution in [0.25, 0.3) is 10.8 Å². The molecule has 0 aliphatic carbocycles. The number of nitrogens with zero attached hydrogens (tertiary/aromatic N) is 3. The molecule has 0 bridgehead atoms. The van der Waals surface area contributed by atoms with Gasteiger partial charge in [0.25, 0.3) is 10.9 Å². The van der Waals surface area contributed by atoms with Gasteiger partial charge in [0.2, 0.25) is 0 Å². The summed E-state index contributed by atoms with van der Waals surface area (Å²) in [5.41, 5.74) is 0.0568. The van der Waals surface area contributed by atoms with Crippen molar-refractivity contribution in [2.75, 3.05) is 0 Å². The van der Waals surface area contributed by atoms with Crippen molar-refractivity contribution in [3.8, 4) is 10.9 Å². The average molecular weight is 287 g/mol. The molecule has 0 N–H and O–H groups in total. The zero-order valence-electron chi connectivity index (χ0n) is 10.4. The Kier molecular flexibility index (Phi) is 3.03. The lowest BCUT2D eigenvalue weighted by molar-refractivity contribution is -0.383. The van der Waals surface area contributed by atoms with E-state index >= 15 is 0 Å². The van der Waals surface area contributed by atoms with Crippen LogP contribution in [0.15, 0.2) is 36.4 Å². The fourth-order valence-electron chi connectivity index (χ4n) is 1.92. The minimum atomic E-state index is -0.402. The lowest BCUT2D eigenvalue weighted by Crippen LogP contribution is -1.92. The summed E-state index contributed by atoms with van der Waals surface area (Å²) in [6.45, 7) is 1.78. The zero-order valence-corrected chi connectivity index (χ0v) is 11.3. The Morgan fingerprint density at radius 1 is 1.20 bits per heavy atom. The van der Waals surface area contributed by atoms with E-state index in [-0.39, 0.29) is 5.69 Å². The van der Waals surface area contributed by atoms with Crippen molar-refractivity contribution in [1.82, 2.24) is 9.36 Å². The van der Waals surface area contributed by atoms with Gasteiger partial charge in [-0.3, -0.25) is 10.1 Å². The van der Waals surface area contributed by atoms with Crippen molar-refractivity contribution in [2.45, 2.75) is 6.92 Å². The number of hydrogen-bond acceptors (Lipinski definition) is 6. The molecule has 0 aliphatic heterocycles. The summed E-state index contributed by atoms with van der Waals surface area (Å²) in [7, 11) is 0. The molecule has 0 aliphatic rings. The van der Waals surface area contributed by atoms with E-state index in [1.807, 2.05) is 6.07 Å². The first-order valence-corrected chi connectivity index (χ1v) is 6.57. The van der Waals surface area contributed by atoms with Gasteiger partial charge in [-0.15, -0.1) is 0 Å². The molecule has 2 aromatic carbocycles. The Hall–Kier alpha value is -2.54. The highest BCUT2D eigenvalue weighted by atomic mass is 32.1. The average Bonchev–Trinajstić information content (AvgIpc) is 2.84. The van der Waals surface area contributed by atoms with E-state index in [1.165, 1.54) is 6.07 Å². The molecule has 0 saturated carbocycles. The van der Waals surface area contributed by atoms with Gasteiger partial charge in [0.05, 0.1) is 10.3 Å². The molecule has 0 spiro atoms. The smallest absolute Gasteiger partial charge is 0.298 e. The second kappa shape index (κ2) is 4.86. The minimum absolute atomic E-state index is 0.0568. The fourth-order valence-corrected chi connectivity index (χ4v) is 2.47. The molecule has 0 amide bonds. The summed E-state index contributed by atoms with van der Waals surface area (Å²) < 4.78 is 9.71. The molecule has 1 heterocycles. The van der Waals surface area contributed by atoms with Gasteiger partial charge < -0.3 is 4.74 Å². The van der Waals surface area contributed by atoms with Crippen LogP contribution in [0.3, 0.4) is 0 Å². The van der Waals surface area contributed by atoms with E-state index in [4.69, 9.17) is 4.74 Å². The summed E-state index contributed by atoms with van der Waals surface area (Å²) >= 11 is 1.15. The molecular weight excluding hydrogens is 278 g/mol. The van der Waals surface area contributed by atoms with Crippen molar-refractivity contribution < 1.29 is 9.66 Å². The Morgan fingerprint density at radius 3 is 2.60 bits per heavy atom. The number of non-ortho nitro benzene ring substituents is 1. The van der Waals surface area contributed by atoms with Crippen molar-refractivity contribution in [1.29, 1.82) is 0 Å². The van der Waals surface area contributed by atoms with Crippen LogP contribution in [0.5, 0.6) is 10.9 Å². The highest BCUT2D eigenvalue weighted by molar-refractivity contribution is 7.07. The van der Waals surface area contributed by atoms with Crippen molar-refractivity contribution >= 4 is 28.0 Å². The second-order valence-corrected chi connectivity index (χ2v) is 4.81. The van der Waals surface area contributed by atoms with Crippen LogP contribution in [-0.4, -0.2) is 14.3 Å². The molecule has 20 heavy (non-hydrogen) atoms. The Labute approximate surface area is 118 Å². The third kappa shape index (κ3) is 2.19. The van der Waals surface area contributed by atoms with Crippen LogP contribution < -0.4 is 4.74 Å². The molecule has 3 aromatic rings. The zero-order chi connectivity index (χ0) is 14.1. The van der Waals surface area contributed by atoms with Gasteiger partial charge in [0.1, 0.15) is 11.6 Å². The quantitative estimate of drug-likeness (QED) is 0.542. The predicted molar refractivity (Wildman–Crippen MR) is 75.3 cm³/mol. The Balaban J connectivity index is 2.12. The molecule has 0 radical (unpaired) electrons. The number of hydrogen-bond donors (Lipinski definition) is 0. The predicted octanol–water partition coefficient (Wildman–Crippen LogP) is 3.70. The summed E-state index contributed by atoms with van der Waals surface area (Å²) in [6.07, 6.45) is 0. The molecule has 0 fully saturated rings. The van der Waals surface area contributed by atoms with E-state index in [0.29, 0.717) is 27.5 Å². The minimum Gasteiger partial charge on any atom is -0.429 e. The molecular formula is C13H9N3O3S. The largest absolute Gasteiger partial charge is 0.429 e. The number of benzene rings is 2. The van der Waals surface area contributed by atoms with E-state index in [2.05, 4.69) is 9.36 Å². The third-order valence-electron chi connectivity index (χ3n) is 2.76. The van der Waals surface area contributed by atoms with Crippen molar-refractivity contribution in [3.05, 3.63) is 52.3 Å². The normalized spacial score (nSPS) is 10.7. The van der Waals surface area contributed by atoms with Crippen LogP contribution >= 0.6 is 11.5 Å². The topological polar surface area (TPSA) is 78.2 Å². The third-order valence-corrected chi connectivity index (χ3v) is 3.45. The number of nitro groups is 1. The lowest BCUT2D eigenvalue weighted by atomic mass is 10.1. The van der Waals surface area contributed by atoms with E-state index in [1.54, 1.807) is 31.2 Å². The van der Waals surface area contributed by atoms with Crippen LogP contribution in [-0.2, 0) is 0 Å². The summed E-state index contributed by atoms with van der Waals surface area (Å²) in [5.74, 6) is 1.17. The second-order valence-electron chi connectivity index (χ2n) is 4.10. The van der Waals surface area contributed by atoms with Gasteiger partial charge in [-0.05, 0) is 19.1 Å². The van der Waals surface area contributed by atoms with Crippen LogP contribution in [0.4, 0.5) is 5.69 Å². The van der Waals surface area contributed by atoms with Crippen LogP contribution in [0.1, 0.15) is 5.82 Å². The Morgan fingerprint density at radius 2 is 1.95 bits per heavy atom. The van der Waals surface area contributed by atoms with E-state index < -0.39 is 4.92 Å². The molecule has 0 unspecified atom stereocenters. The number of rotatable bonds is 3. The van der Waals surface area contributed by atoms with Gasteiger partial charge >= 0.3 is 0 Å². The van der Waals surface area contributed by atoms with Crippen molar-refractivity contribution in [3.63, 3.8) is 0 Å². The highest BCUT2D eigenvalue weighted by Gasteiger charge is 2.15. The van der Waals surface area contributed by atoms with Crippen LogP contribution in [0, 0.1) is 17.0 Å². The number of nitro benzene ring substituents is 1. The number of aromatic nitrogens is 2. The maximum atomic E-state index is 11.0. The molecule has 6 nitrogen and oxygen atoms in total. The first kappa shape index (κ1) is 12.5. The monoisotopic (exact) mass is 287 g/mol. The summed E-state index contributed by atoms with van der Waals surface area (Å²) in [4.78, 5) is 14.8. The lowest BCUT2D eigenvalue weighted by Gasteiger charge is -2.06. The maximum Gasteiger partial charge on any atom is 0.298 e. The summed E-state index contributed by atoms with van der Waals surface area (Å²) in [6, 6.07) is 10.1. The van der Waals surface area contributed by atoms with Gasteiger partial charge in [-0.2, -0.15) is 9.36 Å². The molecule has 0 atom stereocenters. The molecule has 3 rings (SSSR count). The van der Waals surface area contributed by atoms with E-state index in [0.717, 1.165) is 11.5 Å².